The molecule has 0 aliphatic heterocycles. The Morgan fingerprint density at radius 3 is 2.33 bits per heavy atom. The smallest absolute Gasteiger partial charge is 0.146 e. The molecule has 0 spiro atoms. The summed E-state index contributed by atoms with van der Waals surface area (Å²) in [6.07, 6.45) is 0. The fourth-order valence-corrected chi connectivity index (χ4v) is 2.16. The van der Waals surface area contributed by atoms with Crippen LogP contribution in [0.4, 0.5) is 0 Å². The van der Waals surface area contributed by atoms with E-state index >= 15 is 0 Å². The van der Waals surface area contributed by atoms with Crippen LogP contribution in [0.5, 0.6) is 0 Å². The van der Waals surface area contributed by atoms with Crippen LogP contribution in [0.1, 0.15) is 26.3 Å². The molecule has 0 fully saturated rings. The molecular formula is C14H14ClN3. The molecule has 4 heteroatoms. The van der Waals surface area contributed by atoms with Gasteiger partial charge in [-0.15, -0.1) is 0 Å². The van der Waals surface area contributed by atoms with Crippen LogP contribution in [-0.4, -0.2) is 9.78 Å². The highest BCUT2D eigenvalue weighted by Crippen LogP contribution is 2.31. The molecule has 3 nitrogen and oxygen atoms in total. The summed E-state index contributed by atoms with van der Waals surface area (Å²) in [4.78, 5) is 0. The van der Waals surface area contributed by atoms with Crippen LogP contribution in [0.3, 0.4) is 0 Å². The van der Waals surface area contributed by atoms with Gasteiger partial charge >= 0.3 is 0 Å². The maximum absolute atomic E-state index is 9.25. The van der Waals surface area contributed by atoms with E-state index in [-0.39, 0.29) is 5.54 Å². The Balaban J connectivity index is 2.67. The van der Waals surface area contributed by atoms with Crippen molar-refractivity contribution in [3.8, 4) is 17.3 Å². The second-order valence-electron chi connectivity index (χ2n) is 5.07. The minimum absolute atomic E-state index is 0.254. The van der Waals surface area contributed by atoms with Crippen molar-refractivity contribution in [2.45, 2.75) is 26.3 Å². The number of nitrogens with zero attached hydrogens (tertiary/aromatic N) is 3. The molecule has 0 atom stereocenters. The van der Waals surface area contributed by atoms with Gasteiger partial charge in [0.1, 0.15) is 22.5 Å². The molecule has 0 bridgehead atoms. The SMILES string of the molecule is CC(C)(C)n1nc(-c2ccccc2)c(C#N)c1Cl. The van der Waals surface area contributed by atoms with Crippen molar-refractivity contribution in [1.29, 1.82) is 5.26 Å². The van der Waals surface area contributed by atoms with E-state index in [0.717, 1.165) is 5.56 Å². The Morgan fingerprint density at radius 2 is 1.83 bits per heavy atom. The second-order valence-corrected chi connectivity index (χ2v) is 5.43. The van der Waals surface area contributed by atoms with E-state index in [4.69, 9.17) is 11.6 Å². The van der Waals surface area contributed by atoms with E-state index in [1.54, 1.807) is 4.68 Å². The third-order valence-electron chi connectivity index (χ3n) is 2.62. The Morgan fingerprint density at radius 1 is 1.22 bits per heavy atom. The first-order valence-electron chi connectivity index (χ1n) is 5.69. The quantitative estimate of drug-likeness (QED) is 0.781. The van der Waals surface area contributed by atoms with Crippen LogP contribution >= 0.6 is 11.6 Å². The molecule has 2 rings (SSSR count). The molecule has 0 N–H and O–H groups in total. The van der Waals surface area contributed by atoms with Crippen molar-refractivity contribution in [2.24, 2.45) is 0 Å². The van der Waals surface area contributed by atoms with Gasteiger partial charge in [-0.2, -0.15) is 10.4 Å². The molecule has 0 unspecified atom stereocenters. The third kappa shape index (κ3) is 2.12. The highest BCUT2D eigenvalue weighted by molar-refractivity contribution is 6.31. The van der Waals surface area contributed by atoms with Gasteiger partial charge in [-0.1, -0.05) is 41.9 Å². The first kappa shape index (κ1) is 12.7. The number of hydrogen-bond donors (Lipinski definition) is 0. The largest absolute Gasteiger partial charge is 0.247 e. The fourth-order valence-electron chi connectivity index (χ4n) is 1.74. The van der Waals surface area contributed by atoms with Gasteiger partial charge in [-0.05, 0) is 20.8 Å². The fraction of sp³-hybridized carbons (Fsp3) is 0.286. The van der Waals surface area contributed by atoms with E-state index in [0.29, 0.717) is 16.4 Å². The predicted molar refractivity (Wildman–Crippen MR) is 72.4 cm³/mol. The topological polar surface area (TPSA) is 41.6 Å². The normalized spacial score (nSPS) is 11.3. The van der Waals surface area contributed by atoms with Crippen molar-refractivity contribution in [1.82, 2.24) is 9.78 Å². The molecule has 0 radical (unpaired) electrons. The average molecular weight is 260 g/mol. The van der Waals surface area contributed by atoms with Gasteiger partial charge in [0.05, 0.1) is 5.54 Å². The number of hydrogen-bond acceptors (Lipinski definition) is 2. The molecule has 92 valence electrons. The summed E-state index contributed by atoms with van der Waals surface area (Å²) < 4.78 is 1.69. The maximum Gasteiger partial charge on any atom is 0.146 e. The summed E-state index contributed by atoms with van der Waals surface area (Å²) in [6, 6.07) is 11.7. The lowest BCUT2D eigenvalue weighted by atomic mass is 10.1. The zero-order valence-electron chi connectivity index (χ0n) is 10.6. The first-order chi connectivity index (χ1) is 8.45. The standard InChI is InChI=1S/C14H14ClN3/c1-14(2,3)18-13(15)11(9-16)12(17-18)10-7-5-4-6-8-10/h4-8H,1-3H3. The Hall–Kier alpha value is -1.79. The van der Waals surface area contributed by atoms with Gasteiger partial charge in [-0.25, -0.2) is 4.68 Å². The van der Waals surface area contributed by atoms with Gasteiger partial charge in [0, 0.05) is 5.56 Å². The molecule has 0 saturated heterocycles. The predicted octanol–water partition coefficient (Wildman–Crippen LogP) is 3.83. The maximum atomic E-state index is 9.25. The van der Waals surface area contributed by atoms with Crippen molar-refractivity contribution in [3.05, 3.63) is 41.0 Å². The summed E-state index contributed by atoms with van der Waals surface area (Å²) in [5.41, 5.74) is 1.71. The second kappa shape index (κ2) is 4.47. The number of benzene rings is 1. The lowest BCUT2D eigenvalue weighted by Gasteiger charge is -2.20. The summed E-state index contributed by atoms with van der Waals surface area (Å²) >= 11 is 6.24. The molecule has 0 amide bonds. The van der Waals surface area contributed by atoms with E-state index in [1.165, 1.54) is 0 Å². The van der Waals surface area contributed by atoms with Gasteiger partial charge in [-0.3, -0.25) is 0 Å². The van der Waals surface area contributed by atoms with Gasteiger partial charge < -0.3 is 0 Å². The van der Waals surface area contributed by atoms with E-state index in [1.807, 2.05) is 51.1 Å². The molecule has 2 aromatic rings. The van der Waals surface area contributed by atoms with Crippen molar-refractivity contribution >= 4 is 11.6 Å². The molecule has 0 aliphatic carbocycles. The average Bonchev–Trinajstić information content (AvgIpc) is 2.67. The van der Waals surface area contributed by atoms with E-state index in [2.05, 4.69) is 11.2 Å². The monoisotopic (exact) mass is 259 g/mol. The zero-order chi connectivity index (χ0) is 13.3. The summed E-state index contributed by atoms with van der Waals surface area (Å²) in [7, 11) is 0. The molecule has 1 aromatic heterocycles. The lowest BCUT2D eigenvalue weighted by Crippen LogP contribution is -2.23. The first-order valence-corrected chi connectivity index (χ1v) is 6.07. The molecular weight excluding hydrogens is 246 g/mol. The summed E-state index contributed by atoms with van der Waals surface area (Å²) in [5.74, 6) is 0. The van der Waals surface area contributed by atoms with Crippen LogP contribution in [0.25, 0.3) is 11.3 Å². The van der Waals surface area contributed by atoms with Gasteiger partial charge in [0.25, 0.3) is 0 Å². The highest BCUT2D eigenvalue weighted by Gasteiger charge is 2.24. The molecule has 1 heterocycles. The van der Waals surface area contributed by atoms with Crippen LogP contribution < -0.4 is 0 Å². The van der Waals surface area contributed by atoms with Crippen molar-refractivity contribution in [3.63, 3.8) is 0 Å². The van der Waals surface area contributed by atoms with Crippen LogP contribution in [-0.2, 0) is 5.54 Å². The van der Waals surface area contributed by atoms with Gasteiger partial charge in [0.15, 0.2) is 0 Å². The van der Waals surface area contributed by atoms with Crippen LogP contribution in [0.2, 0.25) is 5.15 Å². The van der Waals surface area contributed by atoms with Crippen LogP contribution in [0.15, 0.2) is 30.3 Å². The molecule has 0 aliphatic rings. The highest BCUT2D eigenvalue weighted by atomic mass is 35.5. The third-order valence-corrected chi connectivity index (χ3v) is 2.97. The molecule has 0 saturated carbocycles. The molecule has 1 aromatic carbocycles. The minimum atomic E-state index is -0.254. The van der Waals surface area contributed by atoms with Crippen molar-refractivity contribution in [2.75, 3.05) is 0 Å². The van der Waals surface area contributed by atoms with Crippen molar-refractivity contribution < 1.29 is 0 Å². The zero-order valence-corrected chi connectivity index (χ0v) is 11.4. The van der Waals surface area contributed by atoms with Crippen LogP contribution in [0, 0.1) is 11.3 Å². The van der Waals surface area contributed by atoms with E-state index in [9.17, 15) is 5.26 Å². The number of aromatic nitrogens is 2. The number of nitriles is 1. The Labute approximate surface area is 112 Å². The molecule has 18 heavy (non-hydrogen) atoms. The summed E-state index contributed by atoms with van der Waals surface area (Å²) in [6.45, 7) is 6.01. The Bertz CT molecular complexity index is 600. The van der Waals surface area contributed by atoms with Gasteiger partial charge in [0.2, 0.25) is 0 Å². The summed E-state index contributed by atoms with van der Waals surface area (Å²) in [5, 5.41) is 14.1. The lowest BCUT2D eigenvalue weighted by molar-refractivity contribution is 0.357. The van der Waals surface area contributed by atoms with E-state index < -0.39 is 0 Å². The Kier molecular flexibility index (Phi) is 3.14. The number of rotatable bonds is 1. The minimum Gasteiger partial charge on any atom is -0.247 e. The number of halogens is 1.